The second kappa shape index (κ2) is 7.49. The van der Waals surface area contributed by atoms with E-state index in [0.29, 0.717) is 6.61 Å². The van der Waals surface area contributed by atoms with Gasteiger partial charge in [-0.3, -0.25) is 0 Å². The summed E-state index contributed by atoms with van der Waals surface area (Å²) in [6.45, 7) is 18.6. The predicted molar refractivity (Wildman–Crippen MR) is 90.1 cm³/mol. The largest absolute Gasteiger partial charge is 0.395 e. The second-order valence-electron chi connectivity index (χ2n) is 7.09. The van der Waals surface area contributed by atoms with Gasteiger partial charge in [0, 0.05) is 0 Å². The summed E-state index contributed by atoms with van der Waals surface area (Å²) >= 11 is 0. The molecule has 1 fully saturated rings. The van der Waals surface area contributed by atoms with E-state index in [1.165, 1.54) is 7.05 Å². The lowest BCUT2D eigenvalue weighted by molar-refractivity contribution is 0.0143. The Hall–Kier alpha value is 0.491. The average molecular weight is 324 g/mol. The summed E-state index contributed by atoms with van der Waals surface area (Å²) in [4.78, 5) is 0. The minimum absolute atomic E-state index is 0.284. The molecule has 4 nitrogen and oxygen atoms in total. The molecule has 0 bridgehead atoms. The molecule has 2 unspecified atom stereocenters. The van der Waals surface area contributed by atoms with Gasteiger partial charge in [-0.1, -0.05) is 39.3 Å². The standard InChI is InChI=1S/C11H28O3Si3.CH5N/c1-15(2,3)11-10-12-8-9-13-17(7,14-11)16(4,5)6;1-2/h11H,8-10H2,1-7H3;2H2,1H3. The van der Waals surface area contributed by atoms with Crippen molar-refractivity contribution < 1.29 is 13.6 Å². The van der Waals surface area contributed by atoms with Crippen LogP contribution in [0.25, 0.3) is 0 Å². The Balaban J connectivity index is 0.00000154. The Morgan fingerprint density at radius 3 is 1.95 bits per heavy atom. The molecule has 1 aliphatic heterocycles. The molecule has 0 aliphatic carbocycles. The molecule has 116 valence electrons. The molecule has 2 N–H and O–H groups in total. The van der Waals surface area contributed by atoms with E-state index in [0.717, 1.165) is 13.2 Å². The molecule has 1 aliphatic rings. The van der Waals surface area contributed by atoms with Crippen LogP contribution in [0, 0.1) is 0 Å². The third kappa shape index (κ3) is 5.78. The molecular formula is C12H33NO3Si3. The molecule has 0 aromatic heterocycles. The van der Waals surface area contributed by atoms with Crippen LogP contribution in [0.1, 0.15) is 0 Å². The molecule has 0 radical (unpaired) electrons. The van der Waals surface area contributed by atoms with Crippen molar-refractivity contribution in [3.8, 4) is 0 Å². The highest BCUT2D eigenvalue weighted by Gasteiger charge is 2.49. The Morgan fingerprint density at radius 2 is 1.53 bits per heavy atom. The van der Waals surface area contributed by atoms with Gasteiger partial charge in [-0.2, -0.15) is 0 Å². The Labute approximate surface area is 122 Å². The summed E-state index contributed by atoms with van der Waals surface area (Å²) < 4.78 is 18.3. The van der Waals surface area contributed by atoms with Crippen molar-refractivity contribution in [3.63, 3.8) is 0 Å². The van der Waals surface area contributed by atoms with Crippen molar-refractivity contribution in [2.24, 2.45) is 5.73 Å². The molecule has 0 spiro atoms. The van der Waals surface area contributed by atoms with Crippen molar-refractivity contribution >= 4 is 23.7 Å². The van der Waals surface area contributed by atoms with Gasteiger partial charge in [0.05, 0.1) is 33.6 Å². The molecule has 1 saturated heterocycles. The van der Waals surface area contributed by atoms with Crippen molar-refractivity contribution in [3.05, 3.63) is 0 Å². The van der Waals surface area contributed by atoms with Crippen LogP contribution in [0.3, 0.4) is 0 Å². The van der Waals surface area contributed by atoms with Crippen LogP contribution in [0.2, 0.25) is 45.8 Å². The molecule has 2 atom stereocenters. The lowest BCUT2D eigenvalue weighted by Gasteiger charge is -2.44. The van der Waals surface area contributed by atoms with Gasteiger partial charge < -0.3 is 19.3 Å². The van der Waals surface area contributed by atoms with Crippen LogP contribution >= 0.6 is 0 Å². The minimum atomic E-state index is -2.00. The normalized spacial score (nSPS) is 29.8. The SMILES string of the molecule is CN.C[Si](C)(C)C1COCCO[Si](C)([Si](C)(C)C)O1. The highest BCUT2D eigenvalue weighted by molar-refractivity contribution is 7.35. The molecule has 1 heterocycles. The molecule has 0 saturated carbocycles. The van der Waals surface area contributed by atoms with Crippen molar-refractivity contribution in [2.75, 3.05) is 26.9 Å². The zero-order valence-electron chi connectivity index (χ0n) is 14.0. The van der Waals surface area contributed by atoms with Crippen LogP contribution < -0.4 is 5.73 Å². The monoisotopic (exact) mass is 323 g/mol. The third-order valence-electron chi connectivity index (χ3n) is 3.57. The van der Waals surface area contributed by atoms with Gasteiger partial charge in [0.15, 0.2) is 0 Å². The van der Waals surface area contributed by atoms with Crippen LogP contribution in [-0.4, -0.2) is 56.3 Å². The fourth-order valence-electron chi connectivity index (χ4n) is 1.65. The number of nitrogens with two attached hydrogens (primary N) is 1. The van der Waals surface area contributed by atoms with E-state index < -0.39 is 23.7 Å². The number of rotatable bonds is 2. The molecule has 7 heteroatoms. The van der Waals surface area contributed by atoms with Crippen LogP contribution in [0.4, 0.5) is 0 Å². The van der Waals surface area contributed by atoms with Crippen molar-refractivity contribution in [1.82, 2.24) is 0 Å². The molecule has 0 aromatic rings. The predicted octanol–water partition coefficient (Wildman–Crippen LogP) is 2.36. The summed E-state index contributed by atoms with van der Waals surface area (Å²) in [5, 5.41) is 0. The minimum Gasteiger partial charge on any atom is -0.395 e. The Kier molecular flexibility index (Phi) is 7.68. The summed E-state index contributed by atoms with van der Waals surface area (Å²) in [6, 6.07) is 0. The lowest BCUT2D eigenvalue weighted by atomic mass is 10.7. The smallest absolute Gasteiger partial charge is 0.312 e. The first-order valence-corrected chi connectivity index (χ1v) is 17.4. The number of hydrogen-bond acceptors (Lipinski definition) is 4. The Bertz CT molecular complexity index is 266. The van der Waals surface area contributed by atoms with Gasteiger partial charge in [-0.05, 0) is 13.6 Å². The van der Waals surface area contributed by atoms with Gasteiger partial charge in [0.1, 0.15) is 7.59 Å². The van der Waals surface area contributed by atoms with E-state index in [9.17, 15) is 0 Å². The first kappa shape index (κ1) is 19.5. The molecule has 19 heavy (non-hydrogen) atoms. The summed E-state index contributed by atoms with van der Waals surface area (Å²) in [6.07, 6.45) is 0. The number of ether oxygens (including phenoxy) is 1. The number of hydrogen-bond donors (Lipinski definition) is 1. The van der Waals surface area contributed by atoms with E-state index in [-0.39, 0.29) is 5.73 Å². The molecular weight excluding hydrogens is 290 g/mol. The second-order valence-corrected chi connectivity index (χ2v) is 26.6. The van der Waals surface area contributed by atoms with Crippen LogP contribution in [0.15, 0.2) is 0 Å². The van der Waals surface area contributed by atoms with Crippen molar-refractivity contribution in [1.29, 1.82) is 0 Å². The van der Waals surface area contributed by atoms with Gasteiger partial charge >= 0.3 is 8.08 Å². The van der Waals surface area contributed by atoms with Gasteiger partial charge in [-0.15, -0.1) is 0 Å². The van der Waals surface area contributed by atoms with Crippen LogP contribution in [0.5, 0.6) is 0 Å². The third-order valence-corrected chi connectivity index (χ3v) is 19.2. The molecule has 0 amide bonds. The maximum Gasteiger partial charge on any atom is 0.312 e. The maximum absolute atomic E-state index is 6.52. The summed E-state index contributed by atoms with van der Waals surface area (Å²) in [5.74, 6) is 0. The topological polar surface area (TPSA) is 53.7 Å². The fraction of sp³-hybridized carbons (Fsp3) is 1.00. The lowest BCUT2D eigenvalue weighted by Crippen LogP contribution is -2.65. The molecule has 0 aromatic carbocycles. The summed E-state index contributed by atoms with van der Waals surface area (Å²) in [5.41, 5.74) is 4.78. The Morgan fingerprint density at radius 1 is 1.00 bits per heavy atom. The zero-order chi connectivity index (χ0) is 15.3. The van der Waals surface area contributed by atoms with E-state index in [1.807, 2.05) is 0 Å². The fourth-order valence-corrected chi connectivity index (χ4v) is 9.74. The highest BCUT2D eigenvalue weighted by Crippen LogP contribution is 2.27. The van der Waals surface area contributed by atoms with Crippen LogP contribution in [-0.2, 0) is 13.6 Å². The van der Waals surface area contributed by atoms with E-state index in [2.05, 4.69) is 51.6 Å². The zero-order valence-corrected chi connectivity index (χ0v) is 17.0. The van der Waals surface area contributed by atoms with Gasteiger partial charge in [-0.25, -0.2) is 0 Å². The van der Waals surface area contributed by atoms with E-state index in [1.54, 1.807) is 0 Å². The molecule has 1 rings (SSSR count). The first-order chi connectivity index (χ1) is 8.56. The summed E-state index contributed by atoms with van der Waals surface area (Å²) in [7, 11) is -3.24. The van der Waals surface area contributed by atoms with Crippen molar-refractivity contribution in [2.45, 2.75) is 51.6 Å². The van der Waals surface area contributed by atoms with Gasteiger partial charge in [0.2, 0.25) is 0 Å². The highest BCUT2D eigenvalue weighted by atomic mass is 29.3. The average Bonchev–Trinajstić information content (AvgIpc) is 2.23. The maximum atomic E-state index is 6.52. The van der Waals surface area contributed by atoms with Gasteiger partial charge in [0.25, 0.3) is 0 Å². The first-order valence-electron chi connectivity index (χ1n) is 7.03. The van der Waals surface area contributed by atoms with E-state index >= 15 is 0 Å². The van der Waals surface area contributed by atoms with E-state index in [4.69, 9.17) is 13.6 Å². The quantitative estimate of drug-likeness (QED) is 0.793.